The van der Waals surface area contributed by atoms with Gasteiger partial charge in [-0.15, -0.1) is 0 Å². The molecule has 1 aliphatic carbocycles. The van der Waals surface area contributed by atoms with E-state index in [1.165, 1.54) is 30.3 Å². The lowest BCUT2D eigenvalue weighted by Gasteiger charge is -2.36. The minimum atomic E-state index is -0.616. The van der Waals surface area contributed by atoms with E-state index < -0.39 is 17.9 Å². The van der Waals surface area contributed by atoms with Crippen LogP contribution in [0.1, 0.15) is 57.7 Å². The molecular formula is C22H21N3O6. The van der Waals surface area contributed by atoms with Crippen molar-refractivity contribution in [1.29, 1.82) is 0 Å². The number of carbonyl (C=O) groups excluding carboxylic acids is 2. The van der Waals surface area contributed by atoms with Crippen molar-refractivity contribution in [3.8, 4) is 11.5 Å². The molecule has 2 aromatic carbocycles. The Kier molecular flexibility index (Phi) is 5.41. The molecule has 4 atom stereocenters. The summed E-state index contributed by atoms with van der Waals surface area (Å²) in [5, 5.41) is 24.3. The Hall–Kier alpha value is -3.39. The standard InChI is InChI=1S/C22H21N3O6/c1-10-11(2)31-18(8-15(10)24-25-23)30-9-12-6-14-20(17(27)7-12)22(29)19-13(21(14)28)4-3-5-16(19)26/h3-7,10-11,15,18,26-27H,8-9H2,1-2H3/t10-,11?,15+,18+/m0/s1. The van der Waals surface area contributed by atoms with Gasteiger partial charge in [-0.1, -0.05) is 24.2 Å². The molecule has 1 fully saturated rings. The van der Waals surface area contributed by atoms with Gasteiger partial charge >= 0.3 is 0 Å². The minimum Gasteiger partial charge on any atom is -0.507 e. The smallest absolute Gasteiger partial charge is 0.201 e. The highest BCUT2D eigenvalue weighted by Gasteiger charge is 2.36. The van der Waals surface area contributed by atoms with E-state index >= 15 is 0 Å². The first kappa shape index (κ1) is 20.9. The second kappa shape index (κ2) is 8.03. The normalized spacial score (nSPS) is 24.8. The van der Waals surface area contributed by atoms with Crippen LogP contribution in [0.5, 0.6) is 11.5 Å². The van der Waals surface area contributed by atoms with E-state index in [0.29, 0.717) is 12.0 Å². The summed E-state index contributed by atoms with van der Waals surface area (Å²) in [7, 11) is 0. The topological polar surface area (TPSA) is 142 Å². The number of benzene rings is 2. The molecule has 0 radical (unpaired) electrons. The van der Waals surface area contributed by atoms with Gasteiger partial charge in [0, 0.05) is 28.5 Å². The number of nitrogens with zero attached hydrogens (tertiary/aromatic N) is 3. The fourth-order valence-corrected chi connectivity index (χ4v) is 4.08. The molecule has 0 saturated carbocycles. The van der Waals surface area contributed by atoms with Crippen LogP contribution in [0.2, 0.25) is 0 Å². The predicted molar refractivity (Wildman–Crippen MR) is 109 cm³/mol. The van der Waals surface area contributed by atoms with E-state index in [4.69, 9.17) is 15.0 Å². The lowest BCUT2D eigenvalue weighted by Crippen LogP contribution is -2.41. The molecule has 2 aromatic rings. The van der Waals surface area contributed by atoms with Crippen molar-refractivity contribution in [3.05, 3.63) is 68.6 Å². The van der Waals surface area contributed by atoms with Gasteiger partial charge in [0.05, 0.1) is 23.8 Å². The third-order valence-electron chi connectivity index (χ3n) is 5.95. The number of phenolic OH excluding ortho intramolecular Hbond substituents is 2. The Bertz CT molecular complexity index is 1120. The van der Waals surface area contributed by atoms with Crippen LogP contribution in [0.3, 0.4) is 0 Å². The van der Waals surface area contributed by atoms with Crippen LogP contribution in [0.25, 0.3) is 10.4 Å². The Balaban J connectivity index is 1.58. The molecule has 9 nitrogen and oxygen atoms in total. The molecule has 2 aliphatic rings. The van der Waals surface area contributed by atoms with Gasteiger partial charge in [0.1, 0.15) is 11.5 Å². The fraction of sp³-hybridized carbons (Fsp3) is 0.364. The number of carbonyl (C=O) groups is 2. The lowest BCUT2D eigenvalue weighted by molar-refractivity contribution is -0.212. The van der Waals surface area contributed by atoms with Gasteiger partial charge in [-0.05, 0) is 42.1 Å². The van der Waals surface area contributed by atoms with Gasteiger partial charge in [-0.3, -0.25) is 9.59 Å². The number of rotatable bonds is 4. The quantitative estimate of drug-likeness (QED) is 0.371. The van der Waals surface area contributed by atoms with Gasteiger partial charge in [0.15, 0.2) is 12.1 Å². The van der Waals surface area contributed by atoms with Gasteiger partial charge in [-0.25, -0.2) is 0 Å². The van der Waals surface area contributed by atoms with Crippen LogP contribution in [0.4, 0.5) is 0 Å². The Labute approximate surface area is 177 Å². The van der Waals surface area contributed by atoms with Crippen LogP contribution in [0.15, 0.2) is 35.4 Å². The van der Waals surface area contributed by atoms with Gasteiger partial charge < -0.3 is 19.7 Å². The summed E-state index contributed by atoms with van der Waals surface area (Å²) in [6, 6.07) is 6.87. The van der Waals surface area contributed by atoms with Crippen molar-refractivity contribution < 1.29 is 29.3 Å². The fourth-order valence-electron chi connectivity index (χ4n) is 4.08. The summed E-state index contributed by atoms with van der Waals surface area (Å²) in [6.07, 6.45) is -0.402. The Morgan fingerprint density at radius 2 is 1.87 bits per heavy atom. The van der Waals surface area contributed by atoms with Gasteiger partial charge in [-0.2, -0.15) is 0 Å². The number of fused-ring (bicyclic) bond motifs is 2. The van der Waals surface area contributed by atoms with Crippen molar-refractivity contribution >= 4 is 11.6 Å². The average molecular weight is 423 g/mol. The van der Waals surface area contributed by atoms with Crippen LogP contribution >= 0.6 is 0 Å². The number of ketones is 2. The largest absolute Gasteiger partial charge is 0.507 e. The first-order chi connectivity index (χ1) is 14.8. The molecule has 9 heteroatoms. The first-order valence-electron chi connectivity index (χ1n) is 9.90. The number of hydrogen-bond acceptors (Lipinski definition) is 7. The number of ether oxygens (including phenoxy) is 2. The molecule has 0 aromatic heterocycles. The number of azide groups is 1. The summed E-state index contributed by atoms with van der Waals surface area (Å²) in [6.45, 7) is 3.84. The van der Waals surface area contributed by atoms with Gasteiger partial charge in [0.2, 0.25) is 5.78 Å². The maximum atomic E-state index is 12.9. The molecule has 1 unspecified atom stereocenters. The van der Waals surface area contributed by atoms with Crippen molar-refractivity contribution in [2.24, 2.45) is 11.0 Å². The third-order valence-corrected chi connectivity index (χ3v) is 5.95. The number of phenols is 2. The van der Waals surface area contributed by atoms with E-state index in [1.807, 2.05) is 13.8 Å². The summed E-state index contributed by atoms with van der Waals surface area (Å²) in [5.74, 6) is -1.69. The summed E-state index contributed by atoms with van der Waals surface area (Å²) < 4.78 is 11.6. The van der Waals surface area contributed by atoms with Crippen LogP contribution < -0.4 is 0 Å². The highest BCUT2D eigenvalue weighted by Crippen LogP contribution is 2.37. The van der Waals surface area contributed by atoms with E-state index in [1.54, 1.807) is 0 Å². The minimum absolute atomic E-state index is 0.0178. The first-order valence-corrected chi connectivity index (χ1v) is 9.90. The highest BCUT2D eigenvalue weighted by atomic mass is 16.7. The van der Waals surface area contributed by atoms with Crippen LogP contribution in [-0.2, 0) is 16.1 Å². The summed E-state index contributed by atoms with van der Waals surface area (Å²) in [4.78, 5) is 28.6. The van der Waals surface area contributed by atoms with Crippen molar-refractivity contribution in [2.75, 3.05) is 0 Å². The maximum Gasteiger partial charge on any atom is 0.201 e. The molecule has 1 saturated heterocycles. The van der Waals surface area contributed by atoms with E-state index in [-0.39, 0.29) is 58.4 Å². The SMILES string of the molecule is CC1O[C@@H](OCc2cc(O)c3c(c2)C(=O)c2cccc(O)c2C3=O)C[C@@H](N=[N+]=[N-])[C@H]1C. The molecule has 0 bridgehead atoms. The van der Waals surface area contributed by atoms with Crippen molar-refractivity contribution in [2.45, 2.75) is 45.3 Å². The molecule has 2 N–H and O–H groups in total. The average Bonchev–Trinajstić information content (AvgIpc) is 2.73. The predicted octanol–water partition coefficient (Wildman–Crippen LogP) is 3.84. The third kappa shape index (κ3) is 3.63. The second-order valence-corrected chi connectivity index (χ2v) is 7.84. The monoisotopic (exact) mass is 423 g/mol. The van der Waals surface area contributed by atoms with Crippen molar-refractivity contribution in [3.63, 3.8) is 0 Å². The lowest BCUT2D eigenvalue weighted by atomic mass is 9.82. The molecule has 0 amide bonds. The molecular weight excluding hydrogens is 402 g/mol. The van der Waals surface area contributed by atoms with E-state index in [9.17, 15) is 19.8 Å². The van der Waals surface area contributed by atoms with Crippen LogP contribution in [0, 0.1) is 5.92 Å². The Morgan fingerprint density at radius 3 is 2.61 bits per heavy atom. The molecule has 0 spiro atoms. The highest BCUT2D eigenvalue weighted by molar-refractivity contribution is 6.30. The van der Waals surface area contributed by atoms with Crippen molar-refractivity contribution in [1.82, 2.24) is 0 Å². The molecule has 4 rings (SSSR count). The number of aromatic hydroxyl groups is 2. The molecule has 1 heterocycles. The molecule has 31 heavy (non-hydrogen) atoms. The van der Waals surface area contributed by atoms with E-state index in [0.717, 1.165) is 0 Å². The molecule has 160 valence electrons. The molecule has 1 aliphatic heterocycles. The Morgan fingerprint density at radius 1 is 1.13 bits per heavy atom. The summed E-state index contributed by atoms with van der Waals surface area (Å²) in [5.41, 5.74) is 9.15. The van der Waals surface area contributed by atoms with Crippen LogP contribution in [-0.4, -0.2) is 40.2 Å². The zero-order valence-corrected chi connectivity index (χ0v) is 17.0. The van der Waals surface area contributed by atoms with E-state index in [2.05, 4.69) is 10.0 Å². The summed E-state index contributed by atoms with van der Waals surface area (Å²) >= 11 is 0. The zero-order valence-electron chi connectivity index (χ0n) is 17.0. The maximum absolute atomic E-state index is 12.9. The van der Waals surface area contributed by atoms with Gasteiger partial charge in [0.25, 0.3) is 0 Å². The second-order valence-electron chi connectivity index (χ2n) is 7.84. The number of hydrogen-bond donors (Lipinski definition) is 2. The zero-order chi connectivity index (χ0) is 22.3.